The first-order valence-corrected chi connectivity index (χ1v) is 8.64. The second kappa shape index (κ2) is 6.97. The third-order valence-corrected chi connectivity index (χ3v) is 4.93. The molecule has 0 bridgehead atoms. The number of carbonyl (C=O) groups is 2. The number of rotatable bonds is 4. The van der Waals surface area contributed by atoms with E-state index in [9.17, 15) is 14.7 Å². The smallest absolute Gasteiger partial charge is 0.307 e. The van der Waals surface area contributed by atoms with E-state index in [0.717, 1.165) is 11.3 Å². The number of hydrogen-bond acceptors (Lipinski definition) is 4. The highest BCUT2D eigenvalue weighted by atomic mass is 32.1. The van der Waals surface area contributed by atoms with Gasteiger partial charge in [-0.3, -0.25) is 9.59 Å². The summed E-state index contributed by atoms with van der Waals surface area (Å²) in [5.41, 5.74) is 2.96. The van der Waals surface area contributed by atoms with E-state index in [1.54, 1.807) is 0 Å². The van der Waals surface area contributed by atoms with Crippen LogP contribution in [-0.4, -0.2) is 22.0 Å². The number of allylic oxidation sites excluding steroid dienone is 2. The maximum Gasteiger partial charge on any atom is 0.307 e. The summed E-state index contributed by atoms with van der Waals surface area (Å²) in [6.45, 7) is 2.02. The fourth-order valence-electron chi connectivity index (χ4n) is 2.76. The molecule has 124 valence electrons. The van der Waals surface area contributed by atoms with E-state index >= 15 is 0 Å². The predicted molar refractivity (Wildman–Crippen MR) is 93.9 cm³/mol. The van der Waals surface area contributed by atoms with E-state index < -0.39 is 17.8 Å². The molecule has 2 N–H and O–H groups in total. The van der Waals surface area contributed by atoms with E-state index in [0.29, 0.717) is 18.0 Å². The molecular weight excluding hydrogens is 324 g/mol. The van der Waals surface area contributed by atoms with E-state index in [1.807, 2.05) is 48.7 Å². The number of benzene rings is 1. The van der Waals surface area contributed by atoms with Gasteiger partial charge >= 0.3 is 5.97 Å². The molecule has 1 aliphatic rings. The summed E-state index contributed by atoms with van der Waals surface area (Å²) >= 11 is 1.34. The Hall–Kier alpha value is -2.47. The van der Waals surface area contributed by atoms with Crippen molar-refractivity contribution in [1.29, 1.82) is 0 Å². The van der Waals surface area contributed by atoms with Crippen LogP contribution in [-0.2, 0) is 9.59 Å². The zero-order valence-electron chi connectivity index (χ0n) is 13.2. The number of aromatic nitrogens is 1. The number of nitrogens with zero attached hydrogens (tertiary/aromatic N) is 1. The minimum absolute atomic E-state index is 0.281. The van der Waals surface area contributed by atoms with Gasteiger partial charge in [-0.15, -0.1) is 11.3 Å². The van der Waals surface area contributed by atoms with Crippen molar-refractivity contribution in [1.82, 2.24) is 4.98 Å². The minimum Gasteiger partial charge on any atom is -0.481 e. The van der Waals surface area contributed by atoms with Gasteiger partial charge in [0.15, 0.2) is 5.13 Å². The number of carboxylic acid groups (broad SMARTS) is 1. The molecule has 1 amide bonds. The number of hydrogen-bond donors (Lipinski definition) is 2. The molecule has 24 heavy (non-hydrogen) atoms. The maximum absolute atomic E-state index is 12.4. The SMILES string of the molecule is Cc1ccc(-c2csc(NC(=O)[C@H]3CC=CC[C@H]3C(=O)O)n2)cc1. The summed E-state index contributed by atoms with van der Waals surface area (Å²) in [5, 5.41) is 14.4. The van der Waals surface area contributed by atoms with Crippen LogP contribution in [0.25, 0.3) is 11.3 Å². The van der Waals surface area contributed by atoms with Gasteiger partial charge in [0.1, 0.15) is 0 Å². The number of anilines is 1. The highest BCUT2D eigenvalue weighted by Gasteiger charge is 2.34. The van der Waals surface area contributed by atoms with Gasteiger partial charge in [0.2, 0.25) is 5.91 Å². The average Bonchev–Trinajstić information content (AvgIpc) is 3.04. The molecule has 6 heteroatoms. The van der Waals surface area contributed by atoms with E-state index in [2.05, 4.69) is 10.3 Å². The van der Waals surface area contributed by atoms with Gasteiger partial charge in [-0.1, -0.05) is 42.0 Å². The number of aliphatic carboxylic acids is 1. The molecule has 0 aliphatic heterocycles. The van der Waals surface area contributed by atoms with Crippen molar-refractivity contribution in [3.05, 3.63) is 47.4 Å². The molecule has 0 unspecified atom stereocenters. The largest absolute Gasteiger partial charge is 0.481 e. The van der Waals surface area contributed by atoms with Crippen LogP contribution in [0.1, 0.15) is 18.4 Å². The van der Waals surface area contributed by atoms with Gasteiger partial charge in [-0.2, -0.15) is 0 Å². The Morgan fingerprint density at radius 1 is 1.17 bits per heavy atom. The lowest BCUT2D eigenvalue weighted by Gasteiger charge is -2.23. The number of amides is 1. The van der Waals surface area contributed by atoms with Gasteiger partial charge in [0.05, 0.1) is 17.5 Å². The Balaban J connectivity index is 1.72. The molecule has 3 rings (SSSR count). The molecule has 0 saturated heterocycles. The van der Waals surface area contributed by atoms with Crippen LogP contribution < -0.4 is 5.32 Å². The lowest BCUT2D eigenvalue weighted by Crippen LogP contribution is -2.34. The van der Waals surface area contributed by atoms with Crippen LogP contribution in [0.5, 0.6) is 0 Å². The van der Waals surface area contributed by atoms with Crippen LogP contribution in [0.2, 0.25) is 0 Å². The monoisotopic (exact) mass is 342 g/mol. The summed E-state index contributed by atoms with van der Waals surface area (Å²) < 4.78 is 0. The highest BCUT2D eigenvalue weighted by Crippen LogP contribution is 2.29. The van der Waals surface area contributed by atoms with Gasteiger partial charge in [-0.05, 0) is 19.8 Å². The summed E-state index contributed by atoms with van der Waals surface area (Å²) in [6.07, 6.45) is 4.52. The molecule has 1 heterocycles. The van der Waals surface area contributed by atoms with Crippen molar-refractivity contribution in [3.8, 4) is 11.3 Å². The Kier molecular flexibility index (Phi) is 4.76. The molecule has 2 aromatic rings. The first kappa shape index (κ1) is 16.4. The van der Waals surface area contributed by atoms with Crippen LogP contribution in [0.4, 0.5) is 5.13 Å². The van der Waals surface area contributed by atoms with E-state index in [4.69, 9.17) is 0 Å². The van der Waals surface area contributed by atoms with Crippen LogP contribution in [0.3, 0.4) is 0 Å². The van der Waals surface area contributed by atoms with Crippen LogP contribution in [0.15, 0.2) is 41.8 Å². The first-order chi connectivity index (χ1) is 11.5. The van der Waals surface area contributed by atoms with Crippen LogP contribution >= 0.6 is 11.3 Å². The first-order valence-electron chi connectivity index (χ1n) is 7.76. The molecule has 5 nitrogen and oxygen atoms in total. The van der Waals surface area contributed by atoms with Crippen molar-refractivity contribution >= 4 is 28.3 Å². The molecule has 1 aromatic heterocycles. The minimum atomic E-state index is -0.931. The summed E-state index contributed by atoms with van der Waals surface area (Å²) in [5.74, 6) is -2.44. The standard InChI is InChI=1S/C18H18N2O3S/c1-11-6-8-12(9-7-11)15-10-24-18(19-15)20-16(21)13-4-2-3-5-14(13)17(22)23/h2-3,6-10,13-14H,4-5H2,1H3,(H,22,23)(H,19,20,21)/t13-,14+/m0/s1. The molecule has 0 saturated carbocycles. The molecular formula is C18H18N2O3S. The third kappa shape index (κ3) is 3.54. The van der Waals surface area contributed by atoms with Crippen molar-refractivity contribution < 1.29 is 14.7 Å². The number of nitrogens with one attached hydrogen (secondary N) is 1. The quantitative estimate of drug-likeness (QED) is 0.830. The summed E-state index contributed by atoms with van der Waals surface area (Å²) in [7, 11) is 0. The summed E-state index contributed by atoms with van der Waals surface area (Å²) in [4.78, 5) is 28.2. The van der Waals surface area contributed by atoms with Crippen molar-refractivity contribution in [2.24, 2.45) is 11.8 Å². The predicted octanol–water partition coefficient (Wildman–Crippen LogP) is 3.72. The maximum atomic E-state index is 12.4. The van der Waals surface area contributed by atoms with E-state index in [-0.39, 0.29) is 5.91 Å². The normalized spacial score (nSPS) is 19.9. The molecule has 2 atom stereocenters. The van der Waals surface area contributed by atoms with Gasteiger partial charge < -0.3 is 10.4 Å². The number of thiazole rings is 1. The Bertz CT molecular complexity index is 780. The lowest BCUT2D eigenvalue weighted by molar-refractivity contribution is -0.146. The zero-order valence-corrected chi connectivity index (χ0v) is 14.0. The summed E-state index contributed by atoms with van der Waals surface area (Å²) in [6, 6.07) is 8.00. The second-order valence-electron chi connectivity index (χ2n) is 5.89. The second-order valence-corrected chi connectivity index (χ2v) is 6.75. The van der Waals surface area contributed by atoms with E-state index in [1.165, 1.54) is 16.9 Å². The molecule has 1 aromatic carbocycles. The third-order valence-electron chi connectivity index (χ3n) is 4.17. The Labute approximate surface area is 144 Å². The van der Waals surface area contributed by atoms with Crippen molar-refractivity contribution in [2.45, 2.75) is 19.8 Å². The molecule has 0 spiro atoms. The number of aryl methyl sites for hydroxylation is 1. The fraction of sp³-hybridized carbons (Fsp3) is 0.278. The van der Waals surface area contributed by atoms with Gasteiger partial charge in [-0.25, -0.2) is 4.98 Å². The topological polar surface area (TPSA) is 79.3 Å². The average molecular weight is 342 g/mol. The number of carbonyl (C=O) groups excluding carboxylic acids is 1. The van der Waals surface area contributed by atoms with Crippen molar-refractivity contribution in [3.63, 3.8) is 0 Å². The lowest BCUT2D eigenvalue weighted by atomic mass is 9.82. The fourth-order valence-corrected chi connectivity index (χ4v) is 3.49. The zero-order chi connectivity index (χ0) is 17.1. The Morgan fingerprint density at radius 2 is 1.83 bits per heavy atom. The van der Waals surface area contributed by atoms with Crippen LogP contribution in [0, 0.1) is 18.8 Å². The van der Waals surface area contributed by atoms with Gasteiger partial charge in [0, 0.05) is 10.9 Å². The number of carboxylic acids is 1. The van der Waals surface area contributed by atoms with Crippen molar-refractivity contribution in [2.75, 3.05) is 5.32 Å². The molecule has 0 radical (unpaired) electrons. The molecule has 1 aliphatic carbocycles. The Morgan fingerprint density at radius 3 is 2.50 bits per heavy atom. The van der Waals surface area contributed by atoms with Gasteiger partial charge in [0.25, 0.3) is 0 Å². The highest BCUT2D eigenvalue weighted by molar-refractivity contribution is 7.14. The molecule has 0 fully saturated rings.